The van der Waals surface area contributed by atoms with E-state index in [2.05, 4.69) is 15.3 Å². The highest BCUT2D eigenvalue weighted by molar-refractivity contribution is 7.98. The number of halogens is 1. The lowest BCUT2D eigenvalue weighted by Crippen LogP contribution is -2.20. The molecule has 7 nitrogen and oxygen atoms in total. The smallest absolute Gasteiger partial charge is 0.271 e. The first-order chi connectivity index (χ1) is 15.1. The van der Waals surface area contributed by atoms with Gasteiger partial charge in [0.1, 0.15) is 6.61 Å². The van der Waals surface area contributed by atoms with Gasteiger partial charge in [0.05, 0.1) is 5.69 Å². The highest BCUT2D eigenvalue weighted by Crippen LogP contribution is 2.23. The standard InChI is InChI=1S/C22H20ClN5O2S/c1-2-27-19(24-25-22(27)31-15-16-8-10-17(23)11-9-16)14-30-20-12-13-21(29)28(26-20)18-6-4-3-5-7-18/h3-13H,2,14-15H2,1H3. The van der Waals surface area contributed by atoms with E-state index in [4.69, 9.17) is 16.3 Å². The zero-order valence-electron chi connectivity index (χ0n) is 16.8. The summed E-state index contributed by atoms with van der Waals surface area (Å²) >= 11 is 7.55. The predicted molar refractivity (Wildman–Crippen MR) is 121 cm³/mol. The number of ether oxygens (including phenoxy) is 1. The predicted octanol–water partition coefficient (Wildman–Crippen LogP) is 4.37. The Labute approximate surface area is 188 Å². The monoisotopic (exact) mass is 453 g/mol. The van der Waals surface area contributed by atoms with Crippen LogP contribution < -0.4 is 10.3 Å². The van der Waals surface area contributed by atoms with Gasteiger partial charge in [0.25, 0.3) is 5.56 Å². The average molecular weight is 454 g/mol. The number of nitrogens with zero attached hydrogens (tertiary/aromatic N) is 5. The van der Waals surface area contributed by atoms with Crippen molar-refractivity contribution in [1.29, 1.82) is 0 Å². The van der Waals surface area contributed by atoms with E-state index in [1.54, 1.807) is 17.8 Å². The highest BCUT2D eigenvalue weighted by Gasteiger charge is 2.13. The fourth-order valence-corrected chi connectivity index (χ4v) is 4.05. The van der Waals surface area contributed by atoms with Gasteiger partial charge in [-0.2, -0.15) is 4.68 Å². The summed E-state index contributed by atoms with van der Waals surface area (Å²) in [5.41, 5.74) is 1.61. The Morgan fingerprint density at radius 3 is 2.52 bits per heavy atom. The van der Waals surface area contributed by atoms with Crippen LogP contribution in [0.15, 0.2) is 76.7 Å². The number of hydrogen-bond donors (Lipinski definition) is 0. The molecule has 0 saturated carbocycles. The fourth-order valence-electron chi connectivity index (χ4n) is 2.94. The van der Waals surface area contributed by atoms with E-state index in [1.165, 1.54) is 10.7 Å². The van der Waals surface area contributed by atoms with Crippen LogP contribution in [0.1, 0.15) is 18.3 Å². The second-order valence-corrected chi connectivity index (χ2v) is 7.98. The molecule has 4 aromatic rings. The largest absolute Gasteiger partial charge is 0.468 e. The number of rotatable bonds is 8. The van der Waals surface area contributed by atoms with Crippen molar-refractivity contribution in [3.8, 4) is 11.6 Å². The molecule has 0 unspecified atom stereocenters. The minimum Gasteiger partial charge on any atom is -0.468 e. The molecule has 0 spiro atoms. The first-order valence-corrected chi connectivity index (χ1v) is 11.1. The van der Waals surface area contributed by atoms with Crippen LogP contribution in [0.4, 0.5) is 0 Å². The average Bonchev–Trinajstić information content (AvgIpc) is 3.20. The summed E-state index contributed by atoms with van der Waals surface area (Å²) in [5, 5.41) is 14.4. The molecule has 0 radical (unpaired) electrons. The van der Waals surface area contributed by atoms with E-state index in [0.29, 0.717) is 23.9 Å². The number of para-hydroxylation sites is 1. The molecule has 2 heterocycles. The Bertz CT molecular complexity index is 1210. The molecule has 2 aromatic heterocycles. The lowest BCUT2D eigenvalue weighted by Gasteiger charge is -2.10. The summed E-state index contributed by atoms with van der Waals surface area (Å²) in [6, 6.07) is 20.0. The number of benzene rings is 2. The Kier molecular flexibility index (Phi) is 6.69. The zero-order valence-corrected chi connectivity index (χ0v) is 18.4. The van der Waals surface area contributed by atoms with Crippen molar-refractivity contribution in [1.82, 2.24) is 24.5 Å². The van der Waals surface area contributed by atoms with Crippen LogP contribution in [0.25, 0.3) is 5.69 Å². The SMILES string of the molecule is CCn1c(COc2ccc(=O)n(-c3ccccc3)n2)nnc1SCc1ccc(Cl)cc1. The molecule has 0 amide bonds. The van der Waals surface area contributed by atoms with Crippen LogP contribution in [0.5, 0.6) is 5.88 Å². The van der Waals surface area contributed by atoms with Gasteiger partial charge in [0, 0.05) is 29.5 Å². The highest BCUT2D eigenvalue weighted by atomic mass is 35.5. The van der Waals surface area contributed by atoms with E-state index >= 15 is 0 Å². The number of aromatic nitrogens is 5. The minimum atomic E-state index is -0.226. The maximum Gasteiger partial charge on any atom is 0.271 e. The molecule has 31 heavy (non-hydrogen) atoms. The van der Waals surface area contributed by atoms with Gasteiger partial charge in [-0.05, 0) is 36.8 Å². The van der Waals surface area contributed by atoms with Crippen molar-refractivity contribution in [2.45, 2.75) is 31.0 Å². The van der Waals surface area contributed by atoms with E-state index < -0.39 is 0 Å². The summed E-state index contributed by atoms with van der Waals surface area (Å²) in [5.74, 6) is 1.80. The normalized spacial score (nSPS) is 10.9. The second kappa shape index (κ2) is 9.80. The minimum absolute atomic E-state index is 0.197. The van der Waals surface area contributed by atoms with Crippen molar-refractivity contribution >= 4 is 23.4 Å². The topological polar surface area (TPSA) is 74.8 Å². The number of hydrogen-bond acceptors (Lipinski definition) is 6. The summed E-state index contributed by atoms with van der Waals surface area (Å²) in [6.45, 7) is 2.95. The molecule has 0 aliphatic carbocycles. The van der Waals surface area contributed by atoms with Crippen LogP contribution in [0.3, 0.4) is 0 Å². The zero-order chi connectivity index (χ0) is 21.6. The van der Waals surface area contributed by atoms with Crippen molar-refractivity contribution in [3.05, 3.63) is 93.5 Å². The second-order valence-electron chi connectivity index (χ2n) is 6.60. The van der Waals surface area contributed by atoms with Crippen molar-refractivity contribution in [3.63, 3.8) is 0 Å². The van der Waals surface area contributed by atoms with E-state index in [9.17, 15) is 4.79 Å². The van der Waals surface area contributed by atoms with Gasteiger partial charge in [-0.25, -0.2) is 0 Å². The molecular formula is C22H20ClN5O2S. The summed E-state index contributed by atoms with van der Waals surface area (Å²) < 4.78 is 9.14. The van der Waals surface area contributed by atoms with E-state index in [-0.39, 0.29) is 12.2 Å². The molecular weight excluding hydrogens is 434 g/mol. The van der Waals surface area contributed by atoms with Gasteiger partial charge in [0.2, 0.25) is 5.88 Å². The Morgan fingerprint density at radius 2 is 1.77 bits per heavy atom. The summed E-state index contributed by atoms with van der Waals surface area (Å²) in [4.78, 5) is 12.2. The lowest BCUT2D eigenvalue weighted by molar-refractivity contribution is 0.271. The molecule has 0 bridgehead atoms. The lowest BCUT2D eigenvalue weighted by atomic mass is 10.2. The van der Waals surface area contributed by atoms with Crippen LogP contribution >= 0.6 is 23.4 Å². The molecule has 0 atom stereocenters. The van der Waals surface area contributed by atoms with Crippen molar-refractivity contribution < 1.29 is 4.74 Å². The van der Waals surface area contributed by atoms with Crippen molar-refractivity contribution in [2.24, 2.45) is 0 Å². The molecule has 2 aromatic carbocycles. The van der Waals surface area contributed by atoms with Gasteiger partial charge in [-0.15, -0.1) is 15.3 Å². The van der Waals surface area contributed by atoms with Crippen LogP contribution in [0.2, 0.25) is 5.02 Å². The summed E-state index contributed by atoms with van der Waals surface area (Å²) in [6.07, 6.45) is 0. The van der Waals surface area contributed by atoms with Crippen LogP contribution in [0, 0.1) is 0 Å². The molecule has 0 saturated heterocycles. The van der Waals surface area contributed by atoms with Crippen LogP contribution in [-0.2, 0) is 18.9 Å². The summed E-state index contributed by atoms with van der Waals surface area (Å²) in [7, 11) is 0. The van der Waals surface area contributed by atoms with Gasteiger partial charge in [0.15, 0.2) is 11.0 Å². The van der Waals surface area contributed by atoms with Gasteiger partial charge < -0.3 is 9.30 Å². The van der Waals surface area contributed by atoms with E-state index in [1.807, 2.05) is 66.1 Å². The third kappa shape index (κ3) is 5.15. The van der Waals surface area contributed by atoms with Crippen molar-refractivity contribution in [2.75, 3.05) is 0 Å². The number of thioether (sulfide) groups is 1. The molecule has 0 aliphatic rings. The molecule has 0 aliphatic heterocycles. The quantitative estimate of drug-likeness (QED) is 0.369. The first kappa shape index (κ1) is 21.1. The third-order valence-electron chi connectivity index (χ3n) is 4.52. The molecule has 0 fully saturated rings. The van der Waals surface area contributed by atoms with Gasteiger partial charge in [-0.1, -0.05) is 53.7 Å². The molecule has 158 valence electrons. The van der Waals surface area contributed by atoms with Gasteiger partial charge >= 0.3 is 0 Å². The molecule has 4 rings (SSSR count). The maximum absolute atomic E-state index is 12.2. The third-order valence-corrected chi connectivity index (χ3v) is 5.81. The van der Waals surface area contributed by atoms with Gasteiger partial charge in [-0.3, -0.25) is 4.79 Å². The Morgan fingerprint density at radius 1 is 1.00 bits per heavy atom. The maximum atomic E-state index is 12.2. The van der Waals surface area contributed by atoms with E-state index in [0.717, 1.165) is 21.5 Å². The Hall–Kier alpha value is -3.10. The van der Waals surface area contributed by atoms with Crippen LogP contribution in [-0.4, -0.2) is 24.5 Å². The molecule has 0 N–H and O–H groups in total. The molecule has 9 heteroatoms. The fraction of sp³-hybridized carbons (Fsp3) is 0.182. The first-order valence-electron chi connectivity index (χ1n) is 9.72. The Balaban J connectivity index is 1.45.